The average Bonchev–Trinajstić information content (AvgIpc) is 2.26. The third kappa shape index (κ3) is 7.55. The number of aliphatic hydroxyl groups is 1. The van der Waals surface area contributed by atoms with E-state index in [1.54, 1.807) is 11.8 Å². The summed E-state index contributed by atoms with van der Waals surface area (Å²) in [4.78, 5) is 21.3. The molecule has 0 fully saturated rings. The van der Waals surface area contributed by atoms with Crippen molar-refractivity contribution in [2.24, 2.45) is 0 Å². The van der Waals surface area contributed by atoms with Gasteiger partial charge in [-0.2, -0.15) is 11.8 Å². The average molecular weight is 278 g/mol. The second-order valence-corrected chi connectivity index (χ2v) is 5.40. The molecular formula is C12H22O5S. The minimum Gasteiger partial charge on any atom is -0.481 e. The molecule has 0 aromatic heterocycles. The first-order chi connectivity index (χ1) is 8.42. The molecule has 106 valence electrons. The Morgan fingerprint density at radius 2 is 1.61 bits per heavy atom. The fourth-order valence-corrected chi connectivity index (χ4v) is 2.21. The zero-order valence-electron chi connectivity index (χ0n) is 10.7. The maximum Gasteiger partial charge on any atom is 0.336 e. The van der Waals surface area contributed by atoms with Crippen molar-refractivity contribution >= 4 is 23.7 Å². The van der Waals surface area contributed by atoms with Gasteiger partial charge in [-0.15, -0.1) is 0 Å². The molecule has 0 amide bonds. The maximum atomic E-state index is 10.8. The van der Waals surface area contributed by atoms with E-state index in [4.69, 9.17) is 10.2 Å². The van der Waals surface area contributed by atoms with E-state index >= 15 is 0 Å². The normalized spacial score (nSPS) is 14.1. The molecule has 6 heteroatoms. The molecule has 18 heavy (non-hydrogen) atoms. The molecular weight excluding hydrogens is 256 g/mol. The van der Waals surface area contributed by atoms with Crippen LogP contribution in [0, 0.1) is 0 Å². The first kappa shape index (κ1) is 17.2. The molecule has 1 unspecified atom stereocenters. The number of hydrogen-bond donors (Lipinski definition) is 3. The lowest BCUT2D eigenvalue weighted by molar-refractivity contribution is -0.166. The van der Waals surface area contributed by atoms with Crippen LogP contribution in [0.3, 0.4) is 0 Å². The number of unbranched alkanes of at least 4 members (excludes halogenated alkanes) is 4. The van der Waals surface area contributed by atoms with Crippen LogP contribution in [0.15, 0.2) is 0 Å². The molecule has 0 rings (SSSR count). The summed E-state index contributed by atoms with van der Waals surface area (Å²) in [7, 11) is 0. The standard InChI is InChI=1S/C12H22O5S/c1-18-8-6-4-2-3-5-7-12(17,11(15)16)9-10(13)14/h17H,2-9H2,1H3,(H,13,14)(H,15,16). The molecule has 0 aromatic carbocycles. The quantitative estimate of drug-likeness (QED) is 0.500. The topological polar surface area (TPSA) is 94.8 Å². The zero-order chi connectivity index (χ0) is 14.0. The van der Waals surface area contributed by atoms with Crippen molar-refractivity contribution in [3.05, 3.63) is 0 Å². The molecule has 0 saturated carbocycles. The highest BCUT2D eigenvalue weighted by Crippen LogP contribution is 2.20. The first-order valence-corrected chi connectivity index (χ1v) is 7.48. The predicted molar refractivity (Wildman–Crippen MR) is 70.9 cm³/mol. The number of hydrogen-bond acceptors (Lipinski definition) is 4. The van der Waals surface area contributed by atoms with Gasteiger partial charge in [0.1, 0.15) is 0 Å². The third-order valence-corrected chi connectivity index (χ3v) is 3.48. The summed E-state index contributed by atoms with van der Waals surface area (Å²) in [5.41, 5.74) is -2.12. The van der Waals surface area contributed by atoms with Crippen LogP contribution in [0.4, 0.5) is 0 Å². The van der Waals surface area contributed by atoms with Gasteiger partial charge in [0, 0.05) is 0 Å². The van der Waals surface area contributed by atoms with Crippen molar-refractivity contribution in [3.63, 3.8) is 0 Å². The lowest BCUT2D eigenvalue weighted by Crippen LogP contribution is -2.40. The summed E-state index contributed by atoms with van der Waals surface area (Å²) in [5.74, 6) is -1.62. The summed E-state index contributed by atoms with van der Waals surface area (Å²) in [6.45, 7) is 0. The molecule has 3 N–H and O–H groups in total. The van der Waals surface area contributed by atoms with Gasteiger partial charge in [-0.25, -0.2) is 4.79 Å². The Hall–Kier alpha value is -0.750. The molecule has 0 saturated heterocycles. The van der Waals surface area contributed by atoms with E-state index in [0.29, 0.717) is 6.42 Å². The third-order valence-electron chi connectivity index (χ3n) is 2.78. The van der Waals surface area contributed by atoms with E-state index in [0.717, 1.165) is 31.4 Å². The van der Waals surface area contributed by atoms with Crippen LogP contribution in [-0.2, 0) is 9.59 Å². The van der Waals surface area contributed by atoms with Gasteiger partial charge in [-0.3, -0.25) is 4.79 Å². The van der Waals surface area contributed by atoms with Crippen LogP contribution < -0.4 is 0 Å². The minimum absolute atomic E-state index is 0.00282. The van der Waals surface area contributed by atoms with Crippen molar-refractivity contribution in [1.29, 1.82) is 0 Å². The zero-order valence-corrected chi connectivity index (χ0v) is 11.5. The number of thioether (sulfide) groups is 1. The van der Waals surface area contributed by atoms with Crippen LogP contribution in [-0.4, -0.2) is 44.9 Å². The number of rotatable bonds is 11. The Kier molecular flexibility index (Phi) is 8.83. The van der Waals surface area contributed by atoms with E-state index < -0.39 is 24.0 Å². The maximum absolute atomic E-state index is 10.8. The van der Waals surface area contributed by atoms with Crippen molar-refractivity contribution in [2.45, 2.75) is 50.5 Å². The summed E-state index contributed by atoms with van der Waals surface area (Å²) in [5, 5.41) is 27.1. The molecule has 0 heterocycles. The van der Waals surface area contributed by atoms with E-state index in [2.05, 4.69) is 6.26 Å². The molecule has 0 spiro atoms. The number of aliphatic carboxylic acids is 2. The molecule has 0 bridgehead atoms. The largest absolute Gasteiger partial charge is 0.481 e. The van der Waals surface area contributed by atoms with Crippen molar-refractivity contribution in [3.8, 4) is 0 Å². The van der Waals surface area contributed by atoms with Gasteiger partial charge in [0.05, 0.1) is 6.42 Å². The molecule has 0 aromatic rings. The summed E-state index contributed by atoms with van der Waals surface area (Å²) < 4.78 is 0. The highest BCUT2D eigenvalue weighted by Gasteiger charge is 2.37. The Balaban J connectivity index is 3.84. The van der Waals surface area contributed by atoms with Gasteiger partial charge in [0.25, 0.3) is 0 Å². The van der Waals surface area contributed by atoms with E-state index in [1.165, 1.54) is 0 Å². The highest BCUT2D eigenvalue weighted by molar-refractivity contribution is 7.98. The van der Waals surface area contributed by atoms with Gasteiger partial charge < -0.3 is 15.3 Å². The second-order valence-electron chi connectivity index (χ2n) is 4.42. The van der Waals surface area contributed by atoms with E-state index in [1.807, 2.05) is 0 Å². The number of carboxylic acids is 2. The van der Waals surface area contributed by atoms with Crippen LogP contribution >= 0.6 is 11.8 Å². The molecule has 0 radical (unpaired) electrons. The number of carboxylic acid groups (broad SMARTS) is 2. The van der Waals surface area contributed by atoms with Crippen molar-refractivity contribution < 1.29 is 24.9 Å². The van der Waals surface area contributed by atoms with Crippen molar-refractivity contribution in [2.75, 3.05) is 12.0 Å². The predicted octanol–water partition coefficient (Wildman–Crippen LogP) is 1.98. The van der Waals surface area contributed by atoms with E-state index in [9.17, 15) is 14.7 Å². The Morgan fingerprint density at radius 1 is 1.06 bits per heavy atom. The van der Waals surface area contributed by atoms with Crippen LogP contribution in [0.2, 0.25) is 0 Å². The molecule has 1 atom stereocenters. The lowest BCUT2D eigenvalue weighted by atomic mass is 9.92. The molecule has 0 aliphatic heterocycles. The van der Waals surface area contributed by atoms with Gasteiger partial charge in [0.15, 0.2) is 5.60 Å². The SMILES string of the molecule is CSCCCCCCCC(O)(CC(=O)O)C(=O)O. The molecule has 0 aliphatic carbocycles. The Labute approximate surface area is 112 Å². The minimum atomic E-state index is -2.12. The molecule has 0 aliphatic rings. The first-order valence-electron chi connectivity index (χ1n) is 6.09. The van der Waals surface area contributed by atoms with Gasteiger partial charge in [0.2, 0.25) is 0 Å². The van der Waals surface area contributed by atoms with Crippen LogP contribution in [0.25, 0.3) is 0 Å². The summed E-state index contributed by atoms with van der Waals surface area (Å²) >= 11 is 1.80. The van der Waals surface area contributed by atoms with E-state index in [-0.39, 0.29) is 6.42 Å². The Morgan fingerprint density at radius 3 is 2.11 bits per heavy atom. The Bertz CT molecular complexity index is 269. The fraction of sp³-hybridized carbons (Fsp3) is 0.833. The van der Waals surface area contributed by atoms with Crippen LogP contribution in [0.5, 0.6) is 0 Å². The monoisotopic (exact) mass is 278 g/mol. The van der Waals surface area contributed by atoms with Gasteiger partial charge in [-0.05, 0) is 31.3 Å². The fourth-order valence-electron chi connectivity index (χ4n) is 1.72. The van der Waals surface area contributed by atoms with Gasteiger partial charge >= 0.3 is 11.9 Å². The number of carbonyl (C=O) groups is 2. The summed E-state index contributed by atoms with van der Waals surface area (Å²) in [6.07, 6.45) is 5.89. The van der Waals surface area contributed by atoms with Crippen molar-refractivity contribution in [1.82, 2.24) is 0 Å². The second kappa shape index (κ2) is 9.22. The lowest BCUT2D eigenvalue weighted by Gasteiger charge is -2.21. The smallest absolute Gasteiger partial charge is 0.336 e. The van der Waals surface area contributed by atoms with Gasteiger partial charge in [-0.1, -0.05) is 19.3 Å². The molecule has 5 nitrogen and oxygen atoms in total. The highest BCUT2D eigenvalue weighted by atomic mass is 32.2. The summed E-state index contributed by atoms with van der Waals surface area (Å²) in [6, 6.07) is 0. The van der Waals surface area contributed by atoms with Crippen LogP contribution in [0.1, 0.15) is 44.9 Å².